The van der Waals surface area contributed by atoms with E-state index < -0.39 is 16.1 Å². The number of benzene rings is 2. The monoisotopic (exact) mass is 474 g/mol. The van der Waals surface area contributed by atoms with Gasteiger partial charge in [0.25, 0.3) is 10.0 Å². The Kier molecular flexibility index (Phi) is 4.08. The number of carbonyl (C=O) groups is 1. The van der Waals surface area contributed by atoms with Gasteiger partial charge < -0.3 is 5.11 Å². The molecule has 2 aliphatic heterocycles. The zero-order valence-electron chi connectivity index (χ0n) is 15.7. The van der Waals surface area contributed by atoms with Crippen molar-refractivity contribution < 1.29 is 18.3 Å². The molecule has 1 N–H and O–H groups in total. The molecule has 0 radical (unpaired) electrons. The zero-order valence-corrected chi connectivity index (χ0v) is 18.1. The highest BCUT2D eigenvalue weighted by atomic mass is 79.9. The highest BCUT2D eigenvalue weighted by Gasteiger charge is 2.46. The first-order chi connectivity index (χ1) is 13.8. The van der Waals surface area contributed by atoms with Gasteiger partial charge in [-0.25, -0.2) is 17.2 Å². The van der Waals surface area contributed by atoms with Gasteiger partial charge in [-0.2, -0.15) is 0 Å². The molecular weight excluding hydrogens is 456 g/mol. The Hall–Kier alpha value is -2.32. The number of amides is 1. The lowest BCUT2D eigenvalue weighted by Gasteiger charge is -2.33. The molecule has 2 aromatic carbocycles. The summed E-state index contributed by atoms with van der Waals surface area (Å²) in [5.74, 6) is 0. The Bertz CT molecular complexity index is 1260. The van der Waals surface area contributed by atoms with Crippen molar-refractivity contribution in [1.82, 2.24) is 8.87 Å². The van der Waals surface area contributed by atoms with Crippen LogP contribution in [0, 0.1) is 6.92 Å². The van der Waals surface area contributed by atoms with Crippen molar-refractivity contribution in [3.8, 4) is 0 Å². The van der Waals surface area contributed by atoms with E-state index in [1.54, 1.807) is 30.3 Å². The minimum absolute atomic E-state index is 0.190. The van der Waals surface area contributed by atoms with Gasteiger partial charge in [-0.15, -0.1) is 0 Å². The first kappa shape index (κ1) is 18.7. The van der Waals surface area contributed by atoms with Crippen LogP contribution in [-0.4, -0.2) is 34.5 Å². The maximum Gasteiger partial charge on any atom is 0.408 e. The third-order valence-corrected chi connectivity index (χ3v) is 8.33. The molecule has 0 spiro atoms. The number of nitrogens with zero attached hydrogens (tertiary/aromatic N) is 2. The van der Waals surface area contributed by atoms with E-state index in [9.17, 15) is 18.3 Å². The van der Waals surface area contributed by atoms with Crippen molar-refractivity contribution in [3.05, 3.63) is 63.8 Å². The molecule has 3 aromatic rings. The lowest BCUT2D eigenvalue weighted by atomic mass is 9.97. The van der Waals surface area contributed by atoms with Crippen LogP contribution < -0.4 is 0 Å². The molecule has 1 aromatic heterocycles. The highest BCUT2D eigenvalue weighted by Crippen LogP contribution is 2.48. The molecule has 8 heteroatoms. The van der Waals surface area contributed by atoms with Crippen LogP contribution in [0.25, 0.3) is 10.9 Å². The SMILES string of the molecule is Cc1ccc(S(=O)(=O)n2c3c(c4ccc(Br)cc42)C2CCC(C3)N2C(=O)O)cc1. The van der Waals surface area contributed by atoms with Gasteiger partial charge in [0.1, 0.15) is 0 Å². The van der Waals surface area contributed by atoms with Crippen LogP contribution >= 0.6 is 15.9 Å². The molecule has 1 amide bonds. The largest absolute Gasteiger partial charge is 0.465 e. The minimum Gasteiger partial charge on any atom is -0.465 e. The molecule has 1 saturated heterocycles. The fourth-order valence-electron chi connectivity index (χ4n) is 4.85. The standard InChI is InChI=1S/C21H19BrN2O4S/c1-12-2-6-15(7-3-12)29(27,28)24-18-10-13(22)4-8-16(18)20-17-9-5-14(11-19(20)24)23(17)21(25)26/h2-4,6-8,10,14,17H,5,9,11H2,1H3,(H,25,26). The number of halogens is 1. The van der Waals surface area contributed by atoms with E-state index in [1.807, 2.05) is 19.1 Å². The number of hydrogen-bond acceptors (Lipinski definition) is 3. The lowest BCUT2D eigenvalue weighted by molar-refractivity contribution is 0.117. The van der Waals surface area contributed by atoms with Gasteiger partial charge in [0.05, 0.1) is 16.5 Å². The van der Waals surface area contributed by atoms with Crippen LogP contribution in [0.3, 0.4) is 0 Å². The van der Waals surface area contributed by atoms with E-state index in [1.165, 1.54) is 8.87 Å². The van der Waals surface area contributed by atoms with Gasteiger partial charge >= 0.3 is 6.09 Å². The maximum atomic E-state index is 13.7. The first-order valence-corrected chi connectivity index (χ1v) is 11.7. The summed E-state index contributed by atoms with van der Waals surface area (Å²) in [4.78, 5) is 13.6. The molecular formula is C21H19BrN2O4S. The number of hydrogen-bond donors (Lipinski definition) is 1. The molecule has 2 aliphatic rings. The summed E-state index contributed by atoms with van der Waals surface area (Å²) in [6, 6.07) is 11.9. The summed E-state index contributed by atoms with van der Waals surface area (Å²) in [6.45, 7) is 1.92. The molecule has 6 nitrogen and oxygen atoms in total. The van der Waals surface area contributed by atoms with E-state index in [4.69, 9.17) is 0 Å². The summed E-state index contributed by atoms with van der Waals surface area (Å²) in [7, 11) is -3.82. The van der Waals surface area contributed by atoms with Crippen LogP contribution in [0.4, 0.5) is 4.79 Å². The molecule has 0 aliphatic carbocycles. The number of aryl methyl sites for hydroxylation is 1. The fraction of sp³-hybridized carbons (Fsp3) is 0.286. The molecule has 1 fully saturated rings. The maximum absolute atomic E-state index is 13.7. The number of fused-ring (bicyclic) bond motifs is 6. The minimum atomic E-state index is -3.82. The molecule has 5 rings (SSSR count). The summed E-state index contributed by atoms with van der Waals surface area (Å²) < 4.78 is 29.6. The Morgan fingerprint density at radius 3 is 2.55 bits per heavy atom. The van der Waals surface area contributed by atoms with Crippen molar-refractivity contribution in [3.63, 3.8) is 0 Å². The molecule has 0 saturated carbocycles. The van der Waals surface area contributed by atoms with Gasteiger partial charge in [-0.1, -0.05) is 39.7 Å². The van der Waals surface area contributed by atoms with E-state index in [0.29, 0.717) is 24.1 Å². The molecule has 2 atom stereocenters. The van der Waals surface area contributed by atoms with Crippen molar-refractivity contribution in [2.45, 2.75) is 43.2 Å². The van der Waals surface area contributed by atoms with Crippen LogP contribution in [-0.2, 0) is 16.4 Å². The number of rotatable bonds is 2. The van der Waals surface area contributed by atoms with Gasteiger partial charge in [0.15, 0.2) is 0 Å². The molecule has 3 heterocycles. The average Bonchev–Trinajstić information content (AvgIpc) is 3.16. The third kappa shape index (κ3) is 2.65. The molecule has 29 heavy (non-hydrogen) atoms. The topological polar surface area (TPSA) is 79.6 Å². The Morgan fingerprint density at radius 1 is 1.14 bits per heavy atom. The van der Waals surface area contributed by atoms with E-state index in [-0.39, 0.29) is 17.0 Å². The second-order valence-electron chi connectivity index (χ2n) is 7.75. The quantitative estimate of drug-likeness (QED) is 0.584. The van der Waals surface area contributed by atoms with E-state index in [0.717, 1.165) is 27.4 Å². The Morgan fingerprint density at radius 2 is 1.86 bits per heavy atom. The van der Waals surface area contributed by atoms with Gasteiger partial charge in [-0.3, -0.25) is 4.90 Å². The summed E-state index contributed by atoms with van der Waals surface area (Å²) in [5.41, 5.74) is 3.12. The Balaban J connectivity index is 1.82. The van der Waals surface area contributed by atoms with Crippen molar-refractivity contribution >= 4 is 42.9 Å². The Labute approximate surface area is 176 Å². The number of aromatic nitrogens is 1. The average molecular weight is 475 g/mol. The first-order valence-electron chi connectivity index (χ1n) is 9.45. The molecule has 2 unspecified atom stereocenters. The van der Waals surface area contributed by atoms with Gasteiger partial charge in [0.2, 0.25) is 0 Å². The second-order valence-corrected chi connectivity index (χ2v) is 10.4. The van der Waals surface area contributed by atoms with Gasteiger partial charge in [-0.05, 0) is 44.0 Å². The van der Waals surface area contributed by atoms with Crippen molar-refractivity contribution in [2.75, 3.05) is 0 Å². The summed E-state index contributed by atoms with van der Waals surface area (Å²) in [5, 5.41) is 10.5. The van der Waals surface area contributed by atoms with Crippen molar-refractivity contribution in [1.29, 1.82) is 0 Å². The summed E-state index contributed by atoms with van der Waals surface area (Å²) in [6.07, 6.45) is 0.913. The molecule has 2 bridgehead atoms. The second kappa shape index (κ2) is 6.34. The normalized spacial score (nSPS) is 20.8. The zero-order chi connectivity index (χ0) is 20.5. The summed E-state index contributed by atoms with van der Waals surface area (Å²) >= 11 is 3.46. The van der Waals surface area contributed by atoms with Gasteiger partial charge in [0, 0.05) is 33.6 Å². The third-order valence-electron chi connectivity index (χ3n) is 6.07. The highest BCUT2D eigenvalue weighted by molar-refractivity contribution is 9.10. The van der Waals surface area contributed by atoms with Crippen LogP contribution in [0.5, 0.6) is 0 Å². The fourth-order valence-corrected chi connectivity index (χ4v) is 6.76. The van der Waals surface area contributed by atoms with Crippen LogP contribution in [0.2, 0.25) is 0 Å². The predicted molar refractivity (Wildman–Crippen MR) is 113 cm³/mol. The van der Waals surface area contributed by atoms with Crippen LogP contribution in [0.1, 0.15) is 35.7 Å². The molecule has 150 valence electrons. The smallest absolute Gasteiger partial charge is 0.408 e. The predicted octanol–water partition coefficient (Wildman–Crippen LogP) is 4.69. The van der Waals surface area contributed by atoms with Crippen molar-refractivity contribution in [2.24, 2.45) is 0 Å². The van der Waals surface area contributed by atoms with Crippen LogP contribution in [0.15, 0.2) is 51.8 Å². The lowest BCUT2D eigenvalue weighted by Crippen LogP contribution is -2.41. The van der Waals surface area contributed by atoms with E-state index in [2.05, 4.69) is 15.9 Å². The van der Waals surface area contributed by atoms with E-state index >= 15 is 0 Å². The number of carboxylic acid groups (broad SMARTS) is 1.